The number of nitrogens with one attached hydrogen (secondary N) is 1. The van der Waals surface area contributed by atoms with Gasteiger partial charge in [-0.05, 0) is 19.3 Å². The van der Waals surface area contributed by atoms with E-state index >= 15 is 0 Å². The molecule has 0 spiro atoms. The molecule has 1 fully saturated rings. The van der Waals surface area contributed by atoms with Gasteiger partial charge in [0.1, 0.15) is 5.71 Å². The Kier molecular flexibility index (Phi) is 3.22. The molecule has 1 saturated heterocycles. The van der Waals surface area contributed by atoms with Crippen LogP contribution in [-0.4, -0.2) is 35.0 Å². The first-order chi connectivity index (χ1) is 7.72. The Morgan fingerprint density at radius 2 is 2.38 bits per heavy atom. The Bertz CT molecular complexity index is 338. The van der Waals surface area contributed by atoms with E-state index < -0.39 is 0 Å². The van der Waals surface area contributed by atoms with Gasteiger partial charge in [0.15, 0.2) is 0 Å². The summed E-state index contributed by atoms with van der Waals surface area (Å²) in [6.45, 7) is 2.92. The molecular formula is C11H17N3O2. The zero-order chi connectivity index (χ0) is 11.5. The van der Waals surface area contributed by atoms with Gasteiger partial charge < -0.3 is 4.90 Å². The highest BCUT2D eigenvalue weighted by molar-refractivity contribution is 6.39. The molecule has 2 aliphatic heterocycles. The molecule has 0 aliphatic carbocycles. The summed E-state index contributed by atoms with van der Waals surface area (Å²) in [6, 6.07) is 0.354. The number of nitrogens with zero attached hydrogens (tertiary/aromatic N) is 2. The molecule has 2 amide bonds. The van der Waals surface area contributed by atoms with Crippen LogP contribution in [0.15, 0.2) is 5.10 Å². The van der Waals surface area contributed by atoms with Crippen molar-refractivity contribution < 1.29 is 9.59 Å². The van der Waals surface area contributed by atoms with Crippen LogP contribution in [-0.2, 0) is 9.59 Å². The minimum absolute atomic E-state index is 0.00403. The molecule has 2 rings (SSSR count). The molecule has 88 valence electrons. The van der Waals surface area contributed by atoms with E-state index in [1.165, 1.54) is 0 Å². The van der Waals surface area contributed by atoms with Gasteiger partial charge in [-0.1, -0.05) is 6.92 Å². The van der Waals surface area contributed by atoms with E-state index in [1.807, 2.05) is 4.90 Å². The molecule has 2 heterocycles. The van der Waals surface area contributed by atoms with Crippen LogP contribution in [0.2, 0.25) is 0 Å². The molecule has 0 aromatic rings. The standard InChI is InChI=1S/C11H17N3O2/c1-2-8-4-3-7-14(8)11(16)9-5-6-10(15)13-12-9/h8H,2-7H2,1H3,(H,13,15). The van der Waals surface area contributed by atoms with Crippen molar-refractivity contribution in [3.8, 4) is 0 Å². The number of hydrazone groups is 1. The fourth-order valence-corrected chi connectivity index (χ4v) is 2.32. The largest absolute Gasteiger partial charge is 0.335 e. The molecule has 1 N–H and O–H groups in total. The van der Waals surface area contributed by atoms with E-state index in [1.54, 1.807) is 0 Å². The summed E-state index contributed by atoms with van der Waals surface area (Å²) in [5.74, 6) is -0.102. The molecule has 1 atom stereocenters. The van der Waals surface area contributed by atoms with Crippen molar-refractivity contribution in [2.24, 2.45) is 5.10 Å². The maximum atomic E-state index is 12.1. The molecule has 0 bridgehead atoms. The van der Waals surface area contributed by atoms with E-state index in [0.29, 0.717) is 24.6 Å². The molecule has 0 aromatic carbocycles. The first kappa shape index (κ1) is 11.1. The topological polar surface area (TPSA) is 61.8 Å². The summed E-state index contributed by atoms with van der Waals surface area (Å²) in [7, 11) is 0. The second kappa shape index (κ2) is 4.63. The van der Waals surface area contributed by atoms with Crippen molar-refractivity contribution in [2.75, 3.05) is 6.54 Å². The maximum absolute atomic E-state index is 12.1. The van der Waals surface area contributed by atoms with Crippen LogP contribution in [0, 0.1) is 0 Å². The van der Waals surface area contributed by atoms with Crippen molar-refractivity contribution in [2.45, 2.75) is 45.1 Å². The number of carbonyl (C=O) groups excluding carboxylic acids is 2. The van der Waals surface area contributed by atoms with Crippen molar-refractivity contribution >= 4 is 17.5 Å². The van der Waals surface area contributed by atoms with Gasteiger partial charge in [0.2, 0.25) is 5.91 Å². The normalized spacial score (nSPS) is 25.3. The summed E-state index contributed by atoms with van der Waals surface area (Å²) in [6.07, 6.45) is 3.99. The highest BCUT2D eigenvalue weighted by atomic mass is 16.2. The summed E-state index contributed by atoms with van der Waals surface area (Å²) in [5.41, 5.74) is 2.87. The first-order valence-corrected chi connectivity index (χ1v) is 5.88. The van der Waals surface area contributed by atoms with Crippen LogP contribution < -0.4 is 5.43 Å². The van der Waals surface area contributed by atoms with Gasteiger partial charge in [0.25, 0.3) is 5.91 Å². The smallest absolute Gasteiger partial charge is 0.270 e. The van der Waals surface area contributed by atoms with E-state index in [9.17, 15) is 9.59 Å². The molecule has 5 heteroatoms. The second-order valence-electron chi connectivity index (χ2n) is 4.30. The second-order valence-corrected chi connectivity index (χ2v) is 4.30. The van der Waals surface area contributed by atoms with Crippen molar-refractivity contribution in [3.05, 3.63) is 0 Å². The molecule has 0 radical (unpaired) electrons. The van der Waals surface area contributed by atoms with E-state index in [-0.39, 0.29) is 11.8 Å². The minimum atomic E-state index is -0.106. The third-order valence-electron chi connectivity index (χ3n) is 3.26. The van der Waals surface area contributed by atoms with Crippen LogP contribution in [0.5, 0.6) is 0 Å². The Balaban J connectivity index is 2.04. The summed E-state index contributed by atoms with van der Waals surface area (Å²) in [5, 5.41) is 3.85. The van der Waals surface area contributed by atoms with Crippen LogP contribution in [0.25, 0.3) is 0 Å². The summed E-state index contributed by atoms with van der Waals surface area (Å²) < 4.78 is 0. The maximum Gasteiger partial charge on any atom is 0.270 e. The van der Waals surface area contributed by atoms with E-state index in [0.717, 1.165) is 25.8 Å². The lowest BCUT2D eigenvalue weighted by Gasteiger charge is -2.25. The number of likely N-dealkylation sites (tertiary alicyclic amines) is 1. The van der Waals surface area contributed by atoms with Crippen LogP contribution in [0.1, 0.15) is 39.0 Å². The molecular weight excluding hydrogens is 206 g/mol. The lowest BCUT2D eigenvalue weighted by Crippen LogP contribution is -2.42. The average Bonchev–Trinajstić information content (AvgIpc) is 2.77. The van der Waals surface area contributed by atoms with Gasteiger partial charge in [-0.3, -0.25) is 9.59 Å². The molecule has 5 nitrogen and oxygen atoms in total. The lowest BCUT2D eigenvalue weighted by atomic mass is 10.1. The lowest BCUT2D eigenvalue weighted by molar-refractivity contribution is -0.125. The predicted octanol–water partition coefficient (Wildman–Crippen LogP) is 0.653. The van der Waals surface area contributed by atoms with E-state index in [2.05, 4.69) is 17.5 Å². The average molecular weight is 223 g/mol. The van der Waals surface area contributed by atoms with E-state index in [4.69, 9.17) is 0 Å². The zero-order valence-corrected chi connectivity index (χ0v) is 9.53. The van der Waals surface area contributed by atoms with Gasteiger partial charge in [-0.15, -0.1) is 0 Å². The molecule has 16 heavy (non-hydrogen) atoms. The van der Waals surface area contributed by atoms with Crippen molar-refractivity contribution in [1.82, 2.24) is 10.3 Å². The van der Waals surface area contributed by atoms with Crippen molar-refractivity contribution in [1.29, 1.82) is 0 Å². The molecule has 0 aromatic heterocycles. The van der Waals surface area contributed by atoms with Crippen LogP contribution in [0.3, 0.4) is 0 Å². The first-order valence-electron chi connectivity index (χ1n) is 5.88. The van der Waals surface area contributed by atoms with Crippen molar-refractivity contribution in [3.63, 3.8) is 0 Å². The fourth-order valence-electron chi connectivity index (χ4n) is 2.32. The quantitative estimate of drug-likeness (QED) is 0.747. The third-order valence-corrected chi connectivity index (χ3v) is 3.26. The third kappa shape index (κ3) is 2.08. The number of rotatable bonds is 2. The minimum Gasteiger partial charge on any atom is -0.335 e. The monoisotopic (exact) mass is 223 g/mol. The van der Waals surface area contributed by atoms with Gasteiger partial charge >= 0.3 is 0 Å². The highest BCUT2D eigenvalue weighted by Gasteiger charge is 2.31. The predicted molar refractivity (Wildman–Crippen MR) is 59.8 cm³/mol. The Hall–Kier alpha value is -1.39. The number of hydrogen-bond donors (Lipinski definition) is 1. The van der Waals surface area contributed by atoms with Gasteiger partial charge in [-0.2, -0.15) is 5.10 Å². The van der Waals surface area contributed by atoms with Crippen LogP contribution >= 0.6 is 0 Å². The Labute approximate surface area is 94.9 Å². The highest BCUT2D eigenvalue weighted by Crippen LogP contribution is 2.21. The van der Waals surface area contributed by atoms with Gasteiger partial charge in [0, 0.05) is 25.4 Å². The zero-order valence-electron chi connectivity index (χ0n) is 9.53. The van der Waals surface area contributed by atoms with Crippen LogP contribution in [0.4, 0.5) is 0 Å². The fraction of sp³-hybridized carbons (Fsp3) is 0.727. The summed E-state index contributed by atoms with van der Waals surface area (Å²) in [4.78, 5) is 24.9. The van der Waals surface area contributed by atoms with Gasteiger partial charge in [-0.25, -0.2) is 5.43 Å². The summed E-state index contributed by atoms with van der Waals surface area (Å²) >= 11 is 0. The molecule has 2 aliphatic rings. The molecule has 1 unspecified atom stereocenters. The number of hydrogen-bond acceptors (Lipinski definition) is 3. The number of amides is 2. The van der Waals surface area contributed by atoms with Gasteiger partial charge in [0.05, 0.1) is 0 Å². The SMILES string of the molecule is CCC1CCCN1C(=O)C1=NNC(=O)CC1. The Morgan fingerprint density at radius 1 is 1.56 bits per heavy atom. The number of carbonyl (C=O) groups is 2. The Morgan fingerprint density at radius 3 is 3.00 bits per heavy atom. The molecule has 0 saturated carbocycles.